The van der Waals surface area contributed by atoms with Crippen molar-refractivity contribution in [3.8, 4) is 0 Å². The van der Waals surface area contributed by atoms with E-state index in [1.54, 1.807) is 12.4 Å². The minimum absolute atomic E-state index is 0.145. The van der Waals surface area contributed by atoms with Crippen LogP contribution in [0.3, 0.4) is 0 Å². The highest BCUT2D eigenvalue weighted by Crippen LogP contribution is 2.23. The summed E-state index contributed by atoms with van der Waals surface area (Å²) in [5.74, 6) is 0.607. The van der Waals surface area contributed by atoms with Crippen molar-refractivity contribution in [2.45, 2.75) is 32.7 Å². The van der Waals surface area contributed by atoms with Gasteiger partial charge in [-0.3, -0.25) is 0 Å². The van der Waals surface area contributed by atoms with Crippen molar-refractivity contribution in [3.05, 3.63) is 53.9 Å². The van der Waals surface area contributed by atoms with E-state index in [0.29, 0.717) is 18.9 Å². The SMILES string of the molecule is CC(C)C(CN)c1cncn1CCc1ccccc1F. The van der Waals surface area contributed by atoms with Gasteiger partial charge < -0.3 is 10.3 Å². The Morgan fingerprint density at radius 2 is 2.05 bits per heavy atom. The molecule has 0 aliphatic carbocycles. The Labute approximate surface area is 119 Å². The first-order valence-corrected chi connectivity index (χ1v) is 7.07. The summed E-state index contributed by atoms with van der Waals surface area (Å²) in [7, 11) is 0. The van der Waals surface area contributed by atoms with E-state index in [0.717, 1.165) is 17.8 Å². The predicted octanol–water partition coefficient (Wildman–Crippen LogP) is 2.96. The summed E-state index contributed by atoms with van der Waals surface area (Å²) in [6.07, 6.45) is 4.34. The van der Waals surface area contributed by atoms with Crippen LogP contribution in [0.2, 0.25) is 0 Å². The zero-order valence-electron chi connectivity index (χ0n) is 12.1. The highest BCUT2D eigenvalue weighted by Gasteiger charge is 2.18. The molecule has 2 N–H and O–H groups in total. The fraction of sp³-hybridized carbons (Fsp3) is 0.438. The van der Waals surface area contributed by atoms with Crippen LogP contribution in [0.25, 0.3) is 0 Å². The Kier molecular flexibility index (Phi) is 4.90. The van der Waals surface area contributed by atoms with Crippen molar-refractivity contribution >= 4 is 0 Å². The van der Waals surface area contributed by atoms with Gasteiger partial charge in [0.25, 0.3) is 0 Å². The van der Waals surface area contributed by atoms with Gasteiger partial charge in [-0.05, 0) is 24.0 Å². The second kappa shape index (κ2) is 6.66. The molecule has 1 aromatic heterocycles. The molecule has 1 unspecified atom stereocenters. The predicted molar refractivity (Wildman–Crippen MR) is 79.0 cm³/mol. The Balaban J connectivity index is 2.11. The maximum absolute atomic E-state index is 13.6. The van der Waals surface area contributed by atoms with Crippen molar-refractivity contribution in [2.24, 2.45) is 11.7 Å². The molecule has 0 aliphatic rings. The van der Waals surface area contributed by atoms with Crippen LogP contribution in [0.4, 0.5) is 4.39 Å². The topological polar surface area (TPSA) is 43.8 Å². The van der Waals surface area contributed by atoms with E-state index < -0.39 is 0 Å². The van der Waals surface area contributed by atoms with Gasteiger partial charge >= 0.3 is 0 Å². The molecule has 1 aromatic carbocycles. The van der Waals surface area contributed by atoms with Crippen LogP contribution in [-0.4, -0.2) is 16.1 Å². The second-order valence-electron chi connectivity index (χ2n) is 5.44. The number of imidazole rings is 1. The third-order valence-corrected chi connectivity index (χ3v) is 3.76. The second-order valence-corrected chi connectivity index (χ2v) is 5.44. The van der Waals surface area contributed by atoms with Crippen LogP contribution in [0.15, 0.2) is 36.8 Å². The molecule has 1 atom stereocenters. The summed E-state index contributed by atoms with van der Waals surface area (Å²) >= 11 is 0. The number of aryl methyl sites for hydroxylation is 2. The monoisotopic (exact) mass is 275 g/mol. The lowest BCUT2D eigenvalue weighted by Crippen LogP contribution is -2.21. The Morgan fingerprint density at radius 1 is 1.30 bits per heavy atom. The number of aromatic nitrogens is 2. The number of halogens is 1. The number of nitrogens with zero attached hydrogens (tertiary/aromatic N) is 2. The average molecular weight is 275 g/mol. The normalized spacial score (nSPS) is 12.8. The lowest BCUT2D eigenvalue weighted by atomic mass is 9.93. The molecular weight excluding hydrogens is 253 g/mol. The molecule has 0 saturated carbocycles. The number of nitrogens with two attached hydrogens (primary N) is 1. The molecule has 0 bridgehead atoms. The molecule has 108 valence electrons. The summed E-state index contributed by atoms with van der Waals surface area (Å²) in [6, 6.07) is 6.91. The Hall–Kier alpha value is -1.68. The van der Waals surface area contributed by atoms with Crippen molar-refractivity contribution in [1.82, 2.24) is 9.55 Å². The van der Waals surface area contributed by atoms with Gasteiger partial charge in [0.1, 0.15) is 5.82 Å². The van der Waals surface area contributed by atoms with E-state index in [2.05, 4.69) is 23.4 Å². The molecule has 0 saturated heterocycles. The van der Waals surface area contributed by atoms with Crippen LogP contribution in [0.1, 0.15) is 31.0 Å². The Morgan fingerprint density at radius 3 is 2.70 bits per heavy atom. The summed E-state index contributed by atoms with van der Waals surface area (Å²) in [4.78, 5) is 4.22. The molecule has 1 heterocycles. The van der Waals surface area contributed by atoms with Gasteiger partial charge in [-0.2, -0.15) is 0 Å². The summed E-state index contributed by atoms with van der Waals surface area (Å²) < 4.78 is 15.7. The van der Waals surface area contributed by atoms with Gasteiger partial charge in [0.05, 0.1) is 6.33 Å². The van der Waals surface area contributed by atoms with Crippen LogP contribution in [0, 0.1) is 11.7 Å². The van der Waals surface area contributed by atoms with Crippen molar-refractivity contribution in [3.63, 3.8) is 0 Å². The number of rotatable bonds is 6. The zero-order valence-corrected chi connectivity index (χ0v) is 12.1. The molecule has 0 fully saturated rings. The van der Waals surface area contributed by atoms with Gasteiger partial charge in [0.2, 0.25) is 0 Å². The van der Waals surface area contributed by atoms with Crippen LogP contribution in [-0.2, 0) is 13.0 Å². The van der Waals surface area contributed by atoms with E-state index >= 15 is 0 Å². The van der Waals surface area contributed by atoms with E-state index in [1.165, 1.54) is 6.07 Å². The van der Waals surface area contributed by atoms with Gasteiger partial charge in [0.15, 0.2) is 0 Å². The fourth-order valence-corrected chi connectivity index (χ4v) is 2.50. The lowest BCUT2D eigenvalue weighted by molar-refractivity contribution is 0.470. The third-order valence-electron chi connectivity index (χ3n) is 3.76. The van der Waals surface area contributed by atoms with Gasteiger partial charge in [-0.15, -0.1) is 0 Å². The van der Waals surface area contributed by atoms with Crippen LogP contribution in [0.5, 0.6) is 0 Å². The minimum Gasteiger partial charge on any atom is -0.334 e. The van der Waals surface area contributed by atoms with Crippen LogP contribution < -0.4 is 5.73 Å². The maximum Gasteiger partial charge on any atom is 0.126 e. The standard InChI is InChI=1S/C16H22FN3/c1-12(2)14(9-18)16-10-19-11-20(16)8-7-13-5-3-4-6-15(13)17/h3-6,10-12,14H,7-9,18H2,1-2H3. The van der Waals surface area contributed by atoms with E-state index in [9.17, 15) is 4.39 Å². The first-order valence-electron chi connectivity index (χ1n) is 7.07. The first-order chi connectivity index (χ1) is 9.63. The first kappa shape index (κ1) is 14.7. The van der Waals surface area contributed by atoms with E-state index in [1.807, 2.05) is 18.3 Å². The molecule has 0 aliphatic heterocycles. The average Bonchev–Trinajstić information content (AvgIpc) is 2.86. The van der Waals surface area contributed by atoms with Gasteiger partial charge in [0, 0.05) is 30.9 Å². The summed E-state index contributed by atoms with van der Waals surface area (Å²) in [5, 5.41) is 0. The molecule has 4 heteroatoms. The van der Waals surface area contributed by atoms with E-state index in [-0.39, 0.29) is 11.7 Å². The molecule has 0 spiro atoms. The van der Waals surface area contributed by atoms with Crippen molar-refractivity contribution in [1.29, 1.82) is 0 Å². The van der Waals surface area contributed by atoms with Crippen LogP contribution >= 0.6 is 0 Å². The molecule has 0 radical (unpaired) electrons. The summed E-state index contributed by atoms with van der Waals surface area (Å²) in [5.41, 5.74) is 7.74. The third kappa shape index (κ3) is 3.25. The quantitative estimate of drug-likeness (QED) is 0.881. The minimum atomic E-state index is -0.145. The van der Waals surface area contributed by atoms with Crippen molar-refractivity contribution < 1.29 is 4.39 Å². The molecule has 2 rings (SSSR count). The molecule has 3 nitrogen and oxygen atoms in total. The smallest absolute Gasteiger partial charge is 0.126 e. The van der Waals surface area contributed by atoms with E-state index in [4.69, 9.17) is 5.73 Å². The molecular formula is C16H22FN3. The van der Waals surface area contributed by atoms with Gasteiger partial charge in [-0.25, -0.2) is 9.37 Å². The maximum atomic E-state index is 13.6. The van der Waals surface area contributed by atoms with Gasteiger partial charge in [-0.1, -0.05) is 32.0 Å². The highest BCUT2D eigenvalue weighted by molar-refractivity contribution is 5.17. The number of benzene rings is 1. The number of hydrogen-bond donors (Lipinski definition) is 1. The lowest BCUT2D eigenvalue weighted by Gasteiger charge is -2.20. The Bertz CT molecular complexity index is 548. The largest absolute Gasteiger partial charge is 0.334 e. The summed E-state index contributed by atoms with van der Waals surface area (Å²) in [6.45, 7) is 5.64. The molecule has 0 amide bonds. The molecule has 20 heavy (non-hydrogen) atoms. The highest BCUT2D eigenvalue weighted by atomic mass is 19.1. The van der Waals surface area contributed by atoms with Crippen molar-refractivity contribution in [2.75, 3.05) is 6.54 Å². The fourth-order valence-electron chi connectivity index (χ4n) is 2.50. The number of hydrogen-bond acceptors (Lipinski definition) is 2. The zero-order chi connectivity index (χ0) is 14.5. The molecule has 2 aromatic rings.